The predicted molar refractivity (Wildman–Crippen MR) is 136 cm³/mol. The molecule has 2 fully saturated rings. The van der Waals surface area contributed by atoms with Crippen molar-refractivity contribution in [3.63, 3.8) is 0 Å². The molecule has 2 aromatic carbocycles. The highest BCUT2D eigenvalue weighted by Crippen LogP contribution is 2.34. The zero-order chi connectivity index (χ0) is 24.0. The summed E-state index contributed by atoms with van der Waals surface area (Å²) < 4.78 is 14.3. The SMILES string of the molecule is CCc1nn(-c2ccccc2)c(Oc2ccccc2)c1CN(C[C@@H]1CCCO1)C(=O)C1CCCC1. The lowest BCUT2D eigenvalue weighted by Crippen LogP contribution is -2.40. The number of hydrogen-bond donors (Lipinski definition) is 0. The van der Waals surface area contributed by atoms with Crippen molar-refractivity contribution in [2.45, 2.75) is 64.5 Å². The lowest BCUT2D eigenvalue weighted by Gasteiger charge is -2.28. The topological polar surface area (TPSA) is 56.6 Å². The van der Waals surface area contributed by atoms with Gasteiger partial charge in [0.25, 0.3) is 0 Å². The molecule has 0 bridgehead atoms. The van der Waals surface area contributed by atoms with Crippen LogP contribution in [0.5, 0.6) is 11.6 Å². The Bertz CT molecular complexity index is 1100. The number of ether oxygens (including phenoxy) is 2. The third-order valence-electron chi connectivity index (χ3n) is 7.13. The fraction of sp³-hybridized carbons (Fsp3) is 0.448. The minimum Gasteiger partial charge on any atom is -0.439 e. The van der Waals surface area contributed by atoms with Crippen LogP contribution in [0, 0.1) is 5.92 Å². The zero-order valence-corrected chi connectivity index (χ0v) is 20.6. The largest absolute Gasteiger partial charge is 0.439 e. The molecule has 0 radical (unpaired) electrons. The van der Waals surface area contributed by atoms with Crippen LogP contribution >= 0.6 is 0 Å². The number of hydrogen-bond acceptors (Lipinski definition) is 4. The molecule has 2 heterocycles. The van der Waals surface area contributed by atoms with E-state index in [4.69, 9.17) is 14.6 Å². The first-order valence-electron chi connectivity index (χ1n) is 13.0. The van der Waals surface area contributed by atoms with Gasteiger partial charge in [-0.2, -0.15) is 5.10 Å². The van der Waals surface area contributed by atoms with Crippen LogP contribution < -0.4 is 4.74 Å². The standard InChI is InChI=1S/C29H35N3O3/c1-2-27-26(21-31(20-25-18-11-19-34-25)28(33)22-12-9-10-13-22)29(35-24-16-7-4-8-17-24)32(30-27)23-14-5-3-6-15-23/h3-8,14-17,22,25H,2,9-13,18-21H2,1H3/t25-/m0/s1. The van der Waals surface area contributed by atoms with Gasteiger partial charge in [-0.25, -0.2) is 4.68 Å². The van der Waals surface area contributed by atoms with Crippen molar-refractivity contribution in [3.8, 4) is 17.3 Å². The number of rotatable bonds is 9. The number of amides is 1. The average Bonchev–Trinajstić information content (AvgIpc) is 3.67. The number of aromatic nitrogens is 2. The molecule has 1 aliphatic carbocycles. The van der Waals surface area contributed by atoms with E-state index < -0.39 is 0 Å². The molecule has 5 rings (SSSR count). The Hall–Kier alpha value is -3.12. The van der Waals surface area contributed by atoms with Crippen LogP contribution in [0.25, 0.3) is 5.69 Å². The summed E-state index contributed by atoms with van der Waals surface area (Å²) in [6.45, 7) is 3.99. The van der Waals surface area contributed by atoms with Gasteiger partial charge in [0.05, 0.1) is 29.6 Å². The van der Waals surface area contributed by atoms with Gasteiger partial charge >= 0.3 is 0 Å². The third-order valence-corrected chi connectivity index (χ3v) is 7.13. The molecule has 35 heavy (non-hydrogen) atoms. The normalized spacial score (nSPS) is 18.1. The van der Waals surface area contributed by atoms with Crippen LogP contribution in [-0.2, 0) is 22.5 Å². The quantitative estimate of drug-likeness (QED) is 0.387. The van der Waals surface area contributed by atoms with E-state index >= 15 is 0 Å². The number of benzene rings is 2. The van der Waals surface area contributed by atoms with Crippen LogP contribution in [-0.4, -0.2) is 39.8 Å². The lowest BCUT2D eigenvalue weighted by atomic mass is 10.0. The van der Waals surface area contributed by atoms with Crippen molar-refractivity contribution in [1.82, 2.24) is 14.7 Å². The fourth-order valence-electron chi connectivity index (χ4n) is 5.26. The first kappa shape index (κ1) is 23.6. The second-order valence-corrected chi connectivity index (χ2v) is 9.58. The Kier molecular flexibility index (Phi) is 7.48. The van der Waals surface area contributed by atoms with Crippen molar-refractivity contribution in [1.29, 1.82) is 0 Å². The van der Waals surface area contributed by atoms with Gasteiger partial charge in [-0.05, 0) is 56.4 Å². The molecule has 3 aromatic rings. The van der Waals surface area contributed by atoms with Gasteiger partial charge in [0.2, 0.25) is 11.8 Å². The van der Waals surface area contributed by atoms with Crippen molar-refractivity contribution < 1.29 is 14.3 Å². The maximum Gasteiger partial charge on any atom is 0.227 e. The first-order valence-corrected chi connectivity index (χ1v) is 13.0. The summed E-state index contributed by atoms with van der Waals surface area (Å²) >= 11 is 0. The van der Waals surface area contributed by atoms with E-state index in [0.29, 0.717) is 19.0 Å². The molecule has 2 aliphatic rings. The van der Waals surface area contributed by atoms with Gasteiger partial charge in [0, 0.05) is 19.1 Å². The summed E-state index contributed by atoms with van der Waals surface area (Å²) in [5.74, 6) is 1.79. The summed E-state index contributed by atoms with van der Waals surface area (Å²) in [4.78, 5) is 15.7. The molecule has 6 nitrogen and oxygen atoms in total. The monoisotopic (exact) mass is 473 g/mol. The second kappa shape index (κ2) is 11.1. The van der Waals surface area contributed by atoms with Gasteiger partial charge in [0.15, 0.2) is 0 Å². The van der Waals surface area contributed by atoms with Gasteiger partial charge in [0.1, 0.15) is 5.75 Å². The van der Waals surface area contributed by atoms with Crippen molar-refractivity contribution in [2.75, 3.05) is 13.2 Å². The second-order valence-electron chi connectivity index (χ2n) is 9.58. The Morgan fingerprint density at radius 1 is 1.03 bits per heavy atom. The number of carbonyl (C=O) groups excluding carboxylic acids is 1. The molecule has 1 saturated heterocycles. The summed E-state index contributed by atoms with van der Waals surface area (Å²) in [6.07, 6.45) is 7.17. The van der Waals surface area contributed by atoms with Crippen LogP contribution in [0.4, 0.5) is 0 Å². The fourth-order valence-corrected chi connectivity index (χ4v) is 5.26. The lowest BCUT2D eigenvalue weighted by molar-refractivity contribution is -0.137. The highest BCUT2D eigenvalue weighted by Gasteiger charge is 2.32. The van der Waals surface area contributed by atoms with E-state index in [0.717, 1.165) is 74.2 Å². The van der Waals surface area contributed by atoms with Crippen LogP contribution in [0.3, 0.4) is 0 Å². The number of nitrogens with zero attached hydrogens (tertiary/aromatic N) is 3. The van der Waals surface area contributed by atoms with Gasteiger partial charge in [-0.1, -0.05) is 56.2 Å². The smallest absolute Gasteiger partial charge is 0.227 e. The van der Waals surface area contributed by atoms with Crippen molar-refractivity contribution >= 4 is 5.91 Å². The van der Waals surface area contributed by atoms with E-state index in [1.807, 2.05) is 70.2 Å². The third kappa shape index (κ3) is 5.43. The van der Waals surface area contributed by atoms with E-state index in [1.54, 1.807) is 0 Å². The maximum atomic E-state index is 13.7. The summed E-state index contributed by atoms with van der Waals surface area (Å²) in [7, 11) is 0. The number of aryl methyl sites for hydroxylation is 1. The Morgan fingerprint density at radius 2 is 1.74 bits per heavy atom. The highest BCUT2D eigenvalue weighted by atomic mass is 16.5. The Labute approximate surface area is 207 Å². The van der Waals surface area contributed by atoms with Crippen LogP contribution in [0.15, 0.2) is 60.7 Å². The van der Waals surface area contributed by atoms with E-state index in [-0.39, 0.29) is 17.9 Å². The number of para-hydroxylation sites is 2. The first-order chi connectivity index (χ1) is 17.2. The highest BCUT2D eigenvalue weighted by molar-refractivity contribution is 5.79. The molecular formula is C29H35N3O3. The van der Waals surface area contributed by atoms with E-state index in [2.05, 4.69) is 6.92 Å². The molecule has 0 N–H and O–H groups in total. The van der Waals surface area contributed by atoms with E-state index in [9.17, 15) is 4.79 Å². The molecule has 0 unspecified atom stereocenters. The summed E-state index contributed by atoms with van der Waals surface area (Å²) in [5.41, 5.74) is 2.87. The Balaban J connectivity index is 1.53. The van der Waals surface area contributed by atoms with Crippen LogP contribution in [0.2, 0.25) is 0 Å². The molecular weight excluding hydrogens is 438 g/mol. The zero-order valence-electron chi connectivity index (χ0n) is 20.6. The molecule has 6 heteroatoms. The number of carbonyl (C=O) groups is 1. The minimum atomic E-state index is 0.105. The van der Waals surface area contributed by atoms with Gasteiger partial charge in [-0.3, -0.25) is 4.79 Å². The molecule has 184 valence electrons. The predicted octanol–water partition coefficient (Wildman–Crippen LogP) is 5.92. The van der Waals surface area contributed by atoms with Gasteiger partial charge in [-0.15, -0.1) is 0 Å². The maximum absolute atomic E-state index is 13.7. The van der Waals surface area contributed by atoms with Crippen molar-refractivity contribution in [2.24, 2.45) is 5.92 Å². The molecule has 1 atom stereocenters. The van der Waals surface area contributed by atoms with Crippen LogP contribution in [0.1, 0.15) is 56.7 Å². The Morgan fingerprint density at radius 3 is 2.40 bits per heavy atom. The van der Waals surface area contributed by atoms with Crippen molar-refractivity contribution in [3.05, 3.63) is 71.9 Å². The molecule has 1 aromatic heterocycles. The summed E-state index contributed by atoms with van der Waals surface area (Å²) in [6, 6.07) is 19.9. The molecule has 1 amide bonds. The average molecular weight is 474 g/mol. The molecule has 0 spiro atoms. The molecule has 1 aliphatic heterocycles. The minimum absolute atomic E-state index is 0.105. The summed E-state index contributed by atoms with van der Waals surface area (Å²) in [5, 5.41) is 4.96. The van der Waals surface area contributed by atoms with E-state index in [1.165, 1.54) is 0 Å². The van der Waals surface area contributed by atoms with Gasteiger partial charge < -0.3 is 14.4 Å². The molecule has 1 saturated carbocycles.